The van der Waals surface area contributed by atoms with Crippen molar-refractivity contribution in [3.05, 3.63) is 36.2 Å². The molecule has 0 amide bonds. The summed E-state index contributed by atoms with van der Waals surface area (Å²) < 4.78 is 0. The minimum absolute atomic E-state index is 0.240. The van der Waals surface area contributed by atoms with Crippen LogP contribution in [0.1, 0.15) is 5.56 Å². The SMILES string of the molecule is C#C[CH]c1cccc(O)c1. The zero-order valence-electron chi connectivity index (χ0n) is 5.41. The van der Waals surface area contributed by atoms with Gasteiger partial charge in [-0.05, 0) is 17.7 Å². The van der Waals surface area contributed by atoms with Gasteiger partial charge in [-0.15, -0.1) is 6.42 Å². The summed E-state index contributed by atoms with van der Waals surface area (Å²) >= 11 is 0. The first-order valence-corrected chi connectivity index (χ1v) is 2.91. The molecular weight excluding hydrogens is 124 g/mol. The molecule has 1 heteroatoms. The van der Waals surface area contributed by atoms with Gasteiger partial charge in [0.1, 0.15) is 5.75 Å². The Morgan fingerprint density at radius 2 is 2.30 bits per heavy atom. The fourth-order valence-electron chi connectivity index (χ4n) is 0.711. The lowest BCUT2D eigenvalue weighted by molar-refractivity contribution is 0.475. The van der Waals surface area contributed by atoms with Crippen LogP contribution in [-0.4, -0.2) is 5.11 Å². The van der Waals surface area contributed by atoms with Crippen molar-refractivity contribution in [3.63, 3.8) is 0 Å². The van der Waals surface area contributed by atoms with Gasteiger partial charge in [0, 0.05) is 0 Å². The maximum Gasteiger partial charge on any atom is 0.115 e. The molecule has 1 N–H and O–H groups in total. The summed E-state index contributed by atoms with van der Waals surface area (Å²) in [6, 6.07) is 6.80. The third-order valence-corrected chi connectivity index (χ3v) is 1.12. The number of hydrogen-bond donors (Lipinski definition) is 1. The molecule has 1 nitrogen and oxygen atoms in total. The monoisotopic (exact) mass is 131 g/mol. The van der Waals surface area contributed by atoms with Crippen LogP contribution in [0.5, 0.6) is 5.75 Å². The average molecular weight is 131 g/mol. The average Bonchev–Trinajstić information content (AvgIpc) is 1.88. The zero-order valence-corrected chi connectivity index (χ0v) is 5.41. The highest BCUT2D eigenvalue weighted by atomic mass is 16.3. The van der Waals surface area contributed by atoms with E-state index in [1.165, 1.54) is 0 Å². The Kier molecular flexibility index (Phi) is 1.96. The molecule has 1 aromatic carbocycles. The first-order chi connectivity index (χ1) is 4.83. The number of phenols is 1. The van der Waals surface area contributed by atoms with Gasteiger partial charge in [-0.3, -0.25) is 0 Å². The molecule has 0 aliphatic carbocycles. The standard InChI is InChI=1S/C9H7O/c1-2-4-8-5-3-6-9(10)7-8/h1,3-7,10H. The first-order valence-electron chi connectivity index (χ1n) is 2.91. The highest BCUT2D eigenvalue weighted by Gasteiger charge is 1.90. The smallest absolute Gasteiger partial charge is 0.115 e. The zero-order chi connectivity index (χ0) is 7.40. The van der Waals surface area contributed by atoms with Gasteiger partial charge in [0.15, 0.2) is 0 Å². The molecule has 0 saturated carbocycles. The van der Waals surface area contributed by atoms with Gasteiger partial charge in [0.25, 0.3) is 0 Å². The van der Waals surface area contributed by atoms with Crippen LogP contribution >= 0.6 is 0 Å². The molecule has 0 aliphatic rings. The van der Waals surface area contributed by atoms with Gasteiger partial charge in [0.2, 0.25) is 0 Å². The van der Waals surface area contributed by atoms with Crippen molar-refractivity contribution >= 4 is 0 Å². The van der Waals surface area contributed by atoms with Gasteiger partial charge in [0.05, 0.1) is 6.42 Å². The summed E-state index contributed by atoms with van der Waals surface area (Å²) in [5.41, 5.74) is 0.850. The van der Waals surface area contributed by atoms with Crippen molar-refractivity contribution in [3.8, 4) is 18.1 Å². The van der Waals surface area contributed by atoms with E-state index >= 15 is 0 Å². The van der Waals surface area contributed by atoms with Crippen LogP contribution in [0.15, 0.2) is 24.3 Å². The van der Waals surface area contributed by atoms with Crippen LogP contribution in [-0.2, 0) is 0 Å². The van der Waals surface area contributed by atoms with Crippen molar-refractivity contribution < 1.29 is 5.11 Å². The topological polar surface area (TPSA) is 20.2 Å². The molecule has 0 aromatic heterocycles. The van der Waals surface area contributed by atoms with Crippen molar-refractivity contribution in [1.29, 1.82) is 0 Å². The van der Waals surface area contributed by atoms with Gasteiger partial charge < -0.3 is 5.11 Å². The van der Waals surface area contributed by atoms with E-state index in [4.69, 9.17) is 11.5 Å². The molecule has 0 unspecified atom stereocenters. The maximum atomic E-state index is 8.95. The summed E-state index contributed by atoms with van der Waals surface area (Å²) in [4.78, 5) is 0. The minimum Gasteiger partial charge on any atom is -0.508 e. The predicted octanol–water partition coefficient (Wildman–Crippen LogP) is 1.58. The molecule has 10 heavy (non-hydrogen) atoms. The number of hydrogen-bond acceptors (Lipinski definition) is 1. The number of rotatable bonds is 1. The van der Waals surface area contributed by atoms with Crippen molar-refractivity contribution in [2.24, 2.45) is 0 Å². The largest absolute Gasteiger partial charge is 0.508 e. The van der Waals surface area contributed by atoms with Crippen LogP contribution in [0.4, 0.5) is 0 Å². The van der Waals surface area contributed by atoms with Crippen LogP contribution < -0.4 is 0 Å². The summed E-state index contributed by atoms with van der Waals surface area (Å²) in [5, 5.41) is 8.95. The molecule has 0 aliphatic heterocycles. The van der Waals surface area contributed by atoms with Crippen molar-refractivity contribution in [2.45, 2.75) is 0 Å². The lowest BCUT2D eigenvalue weighted by Gasteiger charge is -1.93. The van der Waals surface area contributed by atoms with Crippen molar-refractivity contribution in [2.75, 3.05) is 0 Å². The molecule has 0 spiro atoms. The van der Waals surface area contributed by atoms with Crippen LogP contribution in [0.2, 0.25) is 0 Å². The van der Waals surface area contributed by atoms with Gasteiger partial charge in [-0.1, -0.05) is 18.1 Å². The second kappa shape index (κ2) is 2.93. The maximum absolute atomic E-state index is 8.95. The van der Waals surface area contributed by atoms with E-state index in [9.17, 15) is 0 Å². The molecule has 1 radical (unpaired) electrons. The Balaban J connectivity index is 2.87. The fraction of sp³-hybridized carbons (Fsp3) is 0. The van der Waals surface area contributed by atoms with Gasteiger partial charge in [-0.2, -0.15) is 0 Å². The molecule has 49 valence electrons. The molecule has 0 bridgehead atoms. The lowest BCUT2D eigenvalue weighted by atomic mass is 10.1. The van der Waals surface area contributed by atoms with Crippen LogP contribution in [0, 0.1) is 18.8 Å². The normalized spacial score (nSPS) is 8.70. The summed E-state index contributed by atoms with van der Waals surface area (Å²) in [6.07, 6.45) is 6.62. The number of benzene rings is 1. The number of phenolic OH excluding ortho intramolecular Hbond substituents is 1. The van der Waals surface area contributed by atoms with E-state index < -0.39 is 0 Å². The van der Waals surface area contributed by atoms with Gasteiger partial charge in [-0.25, -0.2) is 0 Å². The van der Waals surface area contributed by atoms with E-state index in [-0.39, 0.29) is 5.75 Å². The third kappa shape index (κ3) is 1.53. The van der Waals surface area contributed by atoms with E-state index in [1.54, 1.807) is 24.6 Å². The molecule has 0 saturated heterocycles. The summed E-state index contributed by atoms with van der Waals surface area (Å²) in [6.45, 7) is 0. The van der Waals surface area contributed by atoms with E-state index in [1.807, 2.05) is 6.07 Å². The number of terminal acetylenes is 1. The summed E-state index contributed by atoms with van der Waals surface area (Å²) in [7, 11) is 0. The minimum atomic E-state index is 0.240. The molecular formula is C9H7O. The van der Waals surface area contributed by atoms with Gasteiger partial charge >= 0.3 is 0 Å². The Morgan fingerprint density at radius 1 is 1.50 bits per heavy atom. The molecule has 0 heterocycles. The Hall–Kier alpha value is -1.42. The Bertz CT molecular complexity index is 258. The lowest BCUT2D eigenvalue weighted by Crippen LogP contribution is -1.75. The fourth-order valence-corrected chi connectivity index (χ4v) is 0.711. The van der Waals surface area contributed by atoms with Crippen LogP contribution in [0.25, 0.3) is 0 Å². The Morgan fingerprint density at radius 3 is 2.90 bits per heavy atom. The number of aromatic hydroxyl groups is 1. The predicted molar refractivity (Wildman–Crippen MR) is 40.3 cm³/mol. The second-order valence-corrected chi connectivity index (χ2v) is 1.91. The molecule has 0 fully saturated rings. The first kappa shape index (κ1) is 6.70. The highest BCUT2D eigenvalue weighted by molar-refractivity contribution is 5.36. The third-order valence-electron chi connectivity index (χ3n) is 1.12. The highest BCUT2D eigenvalue weighted by Crippen LogP contribution is 2.11. The van der Waals surface area contributed by atoms with Crippen molar-refractivity contribution in [1.82, 2.24) is 0 Å². The second-order valence-electron chi connectivity index (χ2n) is 1.91. The summed E-state index contributed by atoms with van der Waals surface area (Å²) in [5.74, 6) is 2.61. The van der Waals surface area contributed by atoms with E-state index in [0.717, 1.165) is 5.56 Å². The van der Waals surface area contributed by atoms with E-state index in [0.29, 0.717) is 0 Å². The Labute approximate surface area is 60.3 Å². The van der Waals surface area contributed by atoms with E-state index in [2.05, 4.69) is 5.92 Å². The molecule has 0 atom stereocenters. The quantitative estimate of drug-likeness (QED) is 0.573. The molecule has 1 aromatic rings. The van der Waals surface area contributed by atoms with Crippen LogP contribution in [0.3, 0.4) is 0 Å². The molecule has 1 rings (SSSR count).